The van der Waals surface area contributed by atoms with Crippen LogP contribution in [-0.4, -0.2) is 18.4 Å². The molecule has 0 amide bonds. The number of carbonyl (C=O) groups is 1. The molecule has 0 spiro atoms. The van der Waals surface area contributed by atoms with Gasteiger partial charge in [-0.05, 0) is 29.8 Å². The highest BCUT2D eigenvalue weighted by Crippen LogP contribution is 2.32. The summed E-state index contributed by atoms with van der Waals surface area (Å²) >= 11 is 6.07. The average Bonchev–Trinajstić information content (AvgIpc) is 2.57. The topological polar surface area (TPSA) is 46.3 Å². The van der Waals surface area contributed by atoms with Crippen LogP contribution in [0.3, 0.4) is 0 Å². The SMILES string of the molecule is N[C@H]1CN(c2cccc(Cl)c2)c2ccccc2CC1=O. The van der Waals surface area contributed by atoms with Crippen molar-refractivity contribution in [2.45, 2.75) is 12.5 Å². The number of anilines is 2. The van der Waals surface area contributed by atoms with Crippen molar-refractivity contribution in [2.75, 3.05) is 11.4 Å². The molecule has 2 N–H and O–H groups in total. The van der Waals surface area contributed by atoms with Gasteiger partial charge in [0.15, 0.2) is 5.78 Å². The van der Waals surface area contributed by atoms with E-state index in [9.17, 15) is 4.79 Å². The first-order chi connectivity index (χ1) is 9.65. The Kier molecular flexibility index (Phi) is 3.47. The van der Waals surface area contributed by atoms with E-state index in [2.05, 4.69) is 4.90 Å². The molecule has 0 bridgehead atoms. The number of ketones is 1. The first-order valence-corrected chi connectivity index (χ1v) is 6.92. The lowest BCUT2D eigenvalue weighted by atomic mass is 10.1. The Morgan fingerprint density at radius 1 is 1.15 bits per heavy atom. The van der Waals surface area contributed by atoms with E-state index in [0.717, 1.165) is 16.9 Å². The molecule has 3 nitrogen and oxygen atoms in total. The maximum Gasteiger partial charge on any atom is 0.155 e. The average molecular weight is 287 g/mol. The first-order valence-electron chi connectivity index (χ1n) is 6.54. The van der Waals surface area contributed by atoms with Crippen LogP contribution >= 0.6 is 11.6 Å². The number of hydrogen-bond donors (Lipinski definition) is 1. The smallest absolute Gasteiger partial charge is 0.155 e. The summed E-state index contributed by atoms with van der Waals surface area (Å²) in [4.78, 5) is 14.1. The number of halogens is 1. The van der Waals surface area contributed by atoms with Crippen LogP contribution in [0.2, 0.25) is 5.02 Å². The maximum atomic E-state index is 12.0. The van der Waals surface area contributed by atoms with Crippen LogP contribution in [0.1, 0.15) is 5.56 Å². The van der Waals surface area contributed by atoms with Gasteiger partial charge in [-0.3, -0.25) is 4.79 Å². The molecule has 0 saturated heterocycles. The number of rotatable bonds is 1. The predicted molar refractivity (Wildman–Crippen MR) is 81.6 cm³/mol. The number of hydrogen-bond acceptors (Lipinski definition) is 3. The zero-order valence-electron chi connectivity index (χ0n) is 10.9. The van der Waals surface area contributed by atoms with Gasteiger partial charge in [-0.2, -0.15) is 0 Å². The summed E-state index contributed by atoms with van der Waals surface area (Å²) in [7, 11) is 0. The van der Waals surface area contributed by atoms with E-state index >= 15 is 0 Å². The minimum atomic E-state index is -0.485. The van der Waals surface area contributed by atoms with Crippen LogP contribution < -0.4 is 10.6 Å². The zero-order chi connectivity index (χ0) is 14.1. The number of fused-ring (bicyclic) bond motifs is 1. The summed E-state index contributed by atoms with van der Waals surface area (Å²) in [6.45, 7) is 0.468. The lowest BCUT2D eigenvalue weighted by Crippen LogP contribution is -2.39. The minimum Gasteiger partial charge on any atom is -0.339 e. The van der Waals surface area contributed by atoms with Gasteiger partial charge in [-0.15, -0.1) is 0 Å². The monoisotopic (exact) mass is 286 g/mol. The second-order valence-corrected chi connectivity index (χ2v) is 5.41. The van der Waals surface area contributed by atoms with Gasteiger partial charge in [0.25, 0.3) is 0 Å². The molecule has 2 aromatic rings. The van der Waals surface area contributed by atoms with Gasteiger partial charge < -0.3 is 10.6 Å². The Hall–Kier alpha value is -1.84. The summed E-state index contributed by atoms with van der Waals surface area (Å²) in [6, 6.07) is 15.0. The van der Waals surface area contributed by atoms with Gasteiger partial charge in [-0.25, -0.2) is 0 Å². The molecule has 1 aliphatic rings. The third-order valence-electron chi connectivity index (χ3n) is 3.56. The summed E-state index contributed by atoms with van der Waals surface area (Å²) in [5.74, 6) is 0.0713. The number of carbonyl (C=O) groups excluding carboxylic acids is 1. The molecule has 20 heavy (non-hydrogen) atoms. The van der Waals surface area contributed by atoms with E-state index in [1.54, 1.807) is 0 Å². The predicted octanol–water partition coefficient (Wildman–Crippen LogP) is 2.93. The van der Waals surface area contributed by atoms with Gasteiger partial charge >= 0.3 is 0 Å². The molecule has 2 aromatic carbocycles. The largest absolute Gasteiger partial charge is 0.339 e. The molecule has 0 fully saturated rings. The molecule has 1 aliphatic heterocycles. The van der Waals surface area contributed by atoms with Gasteiger partial charge in [0.2, 0.25) is 0 Å². The Morgan fingerprint density at radius 3 is 2.75 bits per heavy atom. The Labute approximate surface area is 123 Å². The zero-order valence-corrected chi connectivity index (χ0v) is 11.7. The molecule has 0 aromatic heterocycles. The lowest BCUT2D eigenvalue weighted by Gasteiger charge is -2.26. The van der Waals surface area contributed by atoms with E-state index in [4.69, 9.17) is 17.3 Å². The molecule has 0 unspecified atom stereocenters. The van der Waals surface area contributed by atoms with Crippen LogP contribution in [-0.2, 0) is 11.2 Å². The van der Waals surface area contributed by atoms with Crippen molar-refractivity contribution in [3.05, 3.63) is 59.1 Å². The molecular weight excluding hydrogens is 272 g/mol. The molecule has 0 radical (unpaired) electrons. The van der Waals surface area contributed by atoms with Crippen LogP contribution in [0, 0.1) is 0 Å². The molecule has 0 aliphatic carbocycles. The van der Waals surface area contributed by atoms with Crippen molar-refractivity contribution in [2.24, 2.45) is 5.73 Å². The van der Waals surface area contributed by atoms with Crippen LogP contribution in [0.4, 0.5) is 11.4 Å². The molecule has 1 atom stereocenters. The summed E-state index contributed by atoms with van der Waals surface area (Å²) in [5.41, 5.74) is 8.98. The molecule has 4 heteroatoms. The summed E-state index contributed by atoms with van der Waals surface area (Å²) < 4.78 is 0. The van der Waals surface area contributed by atoms with Crippen LogP contribution in [0.5, 0.6) is 0 Å². The number of benzene rings is 2. The molecule has 1 heterocycles. The Morgan fingerprint density at radius 2 is 1.95 bits per heavy atom. The van der Waals surface area contributed by atoms with Gasteiger partial charge in [-0.1, -0.05) is 35.9 Å². The van der Waals surface area contributed by atoms with Gasteiger partial charge in [0, 0.05) is 29.4 Å². The van der Waals surface area contributed by atoms with Crippen molar-refractivity contribution >= 4 is 28.8 Å². The Balaban J connectivity index is 2.11. The van der Waals surface area contributed by atoms with Crippen molar-refractivity contribution < 1.29 is 4.79 Å². The number of nitrogens with two attached hydrogens (primary N) is 1. The molecule has 0 saturated carbocycles. The van der Waals surface area contributed by atoms with Crippen LogP contribution in [0.25, 0.3) is 0 Å². The molecular formula is C16H15ClN2O. The highest BCUT2D eigenvalue weighted by Gasteiger charge is 2.26. The summed E-state index contributed by atoms with van der Waals surface area (Å²) in [6.07, 6.45) is 0.383. The number of nitrogens with zero attached hydrogens (tertiary/aromatic N) is 1. The molecule has 102 valence electrons. The van der Waals surface area contributed by atoms with E-state index in [1.807, 2.05) is 48.5 Å². The number of para-hydroxylation sites is 1. The fourth-order valence-corrected chi connectivity index (χ4v) is 2.71. The van der Waals surface area contributed by atoms with E-state index in [-0.39, 0.29) is 5.78 Å². The standard InChI is InChI=1S/C16H15ClN2O/c17-12-5-3-6-13(9-12)19-10-14(18)16(20)8-11-4-1-2-7-15(11)19/h1-7,9,14H,8,10,18H2/t14-/m0/s1. The second-order valence-electron chi connectivity index (χ2n) is 4.97. The van der Waals surface area contributed by atoms with Gasteiger partial charge in [0.1, 0.15) is 0 Å². The van der Waals surface area contributed by atoms with Gasteiger partial charge in [0.05, 0.1) is 6.04 Å². The van der Waals surface area contributed by atoms with Crippen LogP contribution in [0.15, 0.2) is 48.5 Å². The van der Waals surface area contributed by atoms with E-state index in [0.29, 0.717) is 18.0 Å². The fourth-order valence-electron chi connectivity index (χ4n) is 2.53. The van der Waals surface area contributed by atoms with Crippen molar-refractivity contribution in [3.63, 3.8) is 0 Å². The fraction of sp³-hybridized carbons (Fsp3) is 0.188. The first kappa shape index (κ1) is 13.2. The normalized spacial score (nSPS) is 18.6. The van der Waals surface area contributed by atoms with Crippen molar-refractivity contribution in [1.29, 1.82) is 0 Å². The quantitative estimate of drug-likeness (QED) is 0.877. The van der Waals surface area contributed by atoms with Crippen molar-refractivity contribution in [3.8, 4) is 0 Å². The molecule has 3 rings (SSSR count). The van der Waals surface area contributed by atoms with E-state index in [1.165, 1.54) is 0 Å². The lowest BCUT2D eigenvalue weighted by molar-refractivity contribution is -0.119. The second kappa shape index (κ2) is 5.27. The third kappa shape index (κ3) is 2.42. The number of Topliss-reactive ketones (excluding diaryl/α,β-unsaturated/α-hetero) is 1. The highest BCUT2D eigenvalue weighted by molar-refractivity contribution is 6.30. The maximum absolute atomic E-state index is 12.0. The minimum absolute atomic E-state index is 0.0713. The highest BCUT2D eigenvalue weighted by atomic mass is 35.5. The third-order valence-corrected chi connectivity index (χ3v) is 3.79. The Bertz CT molecular complexity index is 656. The summed E-state index contributed by atoms with van der Waals surface area (Å²) in [5, 5.41) is 0.670. The van der Waals surface area contributed by atoms with Crippen molar-refractivity contribution in [1.82, 2.24) is 0 Å². The van der Waals surface area contributed by atoms with E-state index < -0.39 is 6.04 Å².